The number of carboxylic acid groups (broad SMARTS) is 1. The Labute approximate surface area is 94.0 Å². The Bertz CT molecular complexity index is 402. The van der Waals surface area contributed by atoms with Crippen molar-refractivity contribution in [3.8, 4) is 0 Å². The van der Waals surface area contributed by atoms with E-state index < -0.39 is 5.97 Å². The standard InChI is InChI=1S/C11H15N3O2/c1-13-5-3-2-4-8-6-9(12)10(11(15)16)14-7-8/h2,4,6-7,13H,3,5,12H2,1H3,(H,15,16). The van der Waals surface area contributed by atoms with Crippen molar-refractivity contribution in [2.45, 2.75) is 6.42 Å². The summed E-state index contributed by atoms with van der Waals surface area (Å²) in [5.74, 6) is -1.11. The molecule has 0 aliphatic carbocycles. The fourth-order valence-electron chi connectivity index (χ4n) is 1.22. The van der Waals surface area contributed by atoms with Gasteiger partial charge in [0.15, 0.2) is 5.69 Å². The second kappa shape index (κ2) is 5.87. The van der Waals surface area contributed by atoms with Crippen molar-refractivity contribution in [1.29, 1.82) is 0 Å². The highest BCUT2D eigenvalue weighted by Crippen LogP contribution is 2.12. The van der Waals surface area contributed by atoms with E-state index in [1.54, 1.807) is 6.07 Å². The maximum absolute atomic E-state index is 10.7. The molecule has 1 aromatic rings. The van der Waals surface area contributed by atoms with Crippen LogP contribution in [0.4, 0.5) is 5.69 Å². The summed E-state index contributed by atoms with van der Waals surface area (Å²) in [5, 5.41) is 11.8. The molecule has 16 heavy (non-hydrogen) atoms. The molecule has 5 heteroatoms. The Hall–Kier alpha value is -1.88. The molecule has 1 heterocycles. The van der Waals surface area contributed by atoms with Gasteiger partial charge >= 0.3 is 5.97 Å². The molecule has 4 N–H and O–H groups in total. The smallest absolute Gasteiger partial charge is 0.356 e. The van der Waals surface area contributed by atoms with Gasteiger partial charge in [-0.1, -0.05) is 12.2 Å². The first-order chi connectivity index (χ1) is 7.65. The van der Waals surface area contributed by atoms with E-state index in [1.807, 2.05) is 19.2 Å². The molecular formula is C11H15N3O2. The van der Waals surface area contributed by atoms with Crippen molar-refractivity contribution in [3.05, 3.63) is 29.6 Å². The van der Waals surface area contributed by atoms with Crippen LogP contribution in [-0.4, -0.2) is 29.7 Å². The Morgan fingerprint density at radius 1 is 1.69 bits per heavy atom. The molecule has 0 spiro atoms. The first kappa shape index (κ1) is 12.2. The van der Waals surface area contributed by atoms with Gasteiger partial charge in [-0.15, -0.1) is 0 Å². The number of aromatic nitrogens is 1. The summed E-state index contributed by atoms with van der Waals surface area (Å²) in [4.78, 5) is 14.4. The number of carbonyl (C=O) groups is 1. The van der Waals surface area contributed by atoms with E-state index in [1.165, 1.54) is 6.20 Å². The van der Waals surface area contributed by atoms with E-state index in [2.05, 4.69) is 10.3 Å². The van der Waals surface area contributed by atoms with Crippen molar-refractivity contribution in [3.63, 3.8) is 0 Å². The van der Waals surface area contributed by atoms with Gasteiger partial charge in [0, 0.05) is 6.20 Å². The van der Waals surface area contributed by atoms with Gasteiger partial charge in [0.2, 0.25) is 0 Å². The van der Waals surface area contributed by atoms with Crippen LogP contribution in [0.5, 0.6) is 0 Å². The number of nitrogens with one attached hydrogen (secondary N) is 1. The predicted molar refractivity (Wildman–Crippen MR) is 63.2 cm³/mol. The zero-order valence-corrected chi connectivity index (χ0v) is 9.10. The van der Waals surface area contributed by atoms with Crippen LogP contribution >= 0.6 is 0 Å². The Morgan fingerprint density at radius 2 is 2.44 bits per heavy atom. The van der Waals surface area contributed by atoms with E-state index in [-0.39, 0.29) is 11.4 Å². The Kier molecular flexibility index (Phi) is 4.47. The number of aromatic carboxylic acids is 1. The number of nitrogen functional groups attached to an aromatic ring is 1. The van der Waals surface area contributed by atoms with Crippen LogP contribution in [-0.2, 0) is 0 Å². The molecule has 0 saturated carbocycles. The summed E-state index contributed by atoms with van der Waals surface area (Å²) in [6.45, 7) is 0.895. The van der Waals surface area contributed by atoms with Crippen LogP contribution in [0.1, 0.15) is 22.5 Å². The average Bonchev–Trinajstić information content (AvgIpc) is 2.24. The zero-order chi connectivity index (χ0) is 12.0. The van der Waals surface area contributed by atoms with Gasteiger partial charge in [-0.05, 0) is 31.6 Å². The molecule has 0 atom stereocenters. The van der Waals surface area contributed by atoms with Crippen LogP contribution in [0.15, 0.2) is 18.3 Å². The molecule has 0 aliphatic heterocycles. The molecule has 0 aliphatic rings. The quantitative estimate of drug-likeness (QED) is 0.645. The number of hydrogen-bond acceptors (Lipinski definition) is 4. The molecule has 0 fully saturated rings. The maximum atomic E-state index is 10.7. The number of pyridine rings is 1. The third-order valence-corrected chi connectivity index (χ3v) is 2.01. The Morgan fingerprint density at radius 3 is 3.00 bits per heavy atom. The lowest BCUT2D eigenvalue weighted by Crippen LogP contribution is -2.06. The normalized spacial score (nSPS) is 10.8. The monoisotopic (exact) mass is 221 g/mol. The van der Waals surface area contributed by atoms with E-state index in [9.17, 15) is 4.79 Å². The maximum Gasteiger partial charge on any atom is 0.356 e. The van der Waals surface area contributed by atoms with Crippen molar-refractivity contribution >= 4 is 17.7 Å². The fourth-order valence-corrected chi connectivity index (χ4v) is 1.22. The number of hydrogen-bond donors (Lipinski definition) is 3. The minimum absolute atomic E-state index is 0.104. The summed E-state index contributed by atoms with van der Waals surface area (Å²) >= 11 is 0. The van der Waals surface area contributed by atoms with E-state index in [0.29, 0.717) is 0 Å². The third-order valence-electron chi connectivity index (χ3n) is 2.01. The molecule has 1 rings (SSSR count). The van der Waals surface area contributed by atoms with Gasteiger partial charge in [-0.3, -0.25) is 0 Å². The SMILES string of the molecule is CNCCC=Cc1cnc(C(=O)O)c(N)c1. The lowest BCUT2D eigenvalue weighted by Gasteiger charge is -2.00. The molecular weight excluding hydrogens is 206 g/mol. The number of nitrogens with two attached hydrogens (primary N) is 1. The van der Waals surface area contributed by atoms with Gasteiger partial charge < -0.3 is 16.2 Å². The summed E-state index contributed by atoms with van der Waals surface area (Å²) in [7, 11) is 1.88. The number of carboxylic acids is 1. The highest BCUT2D eigenvalue weighted by molar-refractivity contribution is 5.91. The first-order valence-electron chi connectivity index (χ1n) is 4.95. The molecule has 1 aromatic heterocycles. The van der Waals surface area contributed by atoms with Gasteiger partial charge in [0.05, 0.1) is 5.69 Å². The second-order valence-electron chi connectivity index (χ2n) is 3.31. The Balaban J connectivity index is 2.73. The van der Waals surface area contributed by atoms with Crippen molar-refractivity contribution in [2.75, 3.05) is 19.3 Å². The number of nitrogens with zero attached hydrogens (tertiary/aromatic N) is 1. The zero-order valence-electron chi connectivity index (χ0n) is 9.10. The molecule has 0 amide bonds. The molecule has 0 radical (unpaired) electrons. The van der Waals surface area contributed by atoms with E-state index in [0.717, 1.165) is 18.5 Å². The molecule has 86 valence electrons. The van der Waals surface area contributed by atoms with Gasteiger partial charge in [-0.2, -0.15) is 0 Å². The fraction of sp³-hybridized carbons (Fsp3) is 0.273. The van der Waals surface area contributed by atoms with Crippen LogP contribution in [0.25, 0.3) is 6.08 Å². The number of rotatable bonds is 5. The van der Waals surface area contributed by atoms with Gasteiger partial charge in [0.1, 0.15) is 0 Å². The second-order valence-corrected chi connectivity index (χ2v) is 3.31. The van der Waals surface area contributed by atoms with Crippen molar-refractivity contribution in [1.82, 2.24) is 10.3 Å². The summed E-state index contributed by atoms with van der Waals surface area (Å²) in [6.07, 6.45) is 6.24. The van der Waals surface area contributed by atoms with Gasteiger partial charge in [0.25, 0.3) is 0 Å². The summed E-state index contributed by atoms with van der Waals surface area (Å²) < 4.78 is 0. The van der Waals surface area contributed by atoms with Crippen LogP contribution in [0.3, 0.4) is 0 Å². The predicted octanol–water partition coefficient (Wildman–Crippen LogP) is 0.985. The summed E-state index contributed by atoms with van der Waals surface area (Å²) in [5.41, 5.74) is 6.45. The topological polar surface area (TPSA) is 88.2 Å². The molecule has 5 nitrogen and oxygen atoms in total. The largest absolute Gasteiger partial charge is 0.476 e. The molecule has 0 aromatic carbocycles. The van der Waals surface area contributed by atoms with Gasteiger partial charge in [-0.25, -0.2) is 9.78 Å². The average molecular weight is 221 g/mol. The molecule has 0 unspecified atom stereocenters. The van der Waals surface area contributed by atoms with Crippen LogP contribution < -0.4 is 11.1 Å². The highest BCUT2D eigenvalue weighted by atomic mass is 16.4. The molecule has 0 saturated heterocycles. The lowest BCUT2D eigenvalue weighted by atomic mass is 10.2. The van der Waals surface area contributed by atoms with Crippen molar-refractivity contribution < 1.29 is 9.90 Å². The lowest BCUT2D eigenvalue weighted by molar-refractivity contribution is 0.0692. The highest BCUT2D eigenvalue weighted by Gasteiger charge is 2.08. The number of anilines is 1. The van der Waals surface area contributed by atoms with E-state index >= 15 is 0 Å². The van der Waals surface area contributed by atoms with Crippen molar-refractivity contribution in [2.24, 2.45) is 0 Å². The first-order valence-corrected chi connectivity index (χ1v) is 4.95. The van der Waals surface area contributed by atoms with Crippen LogP contribution in [0, 0.1) is 0 Å². The molecule has 0 bridgehead atoms. The summed E-state index contributed by atoms with van der Waals surface area (Å²) in [6, 6.07) is 1.60. The minimum atomic E-state index is -1.11. The van der Waals surface area contributed by atoms with E-state index in [4.69, 9.17) is 10.8 Å². The minimum Gasteiger partial charge on any atom is -0.476 e. The van der Waals surface area contributed by atoms with Crippen LogP contribution in [0.2, 0.25) is 0 Å². The third kappa shape index (κ3) is 3.36.